The van der Waals surface area contributed by atoms with Gasteiger partial charge in [0.1, 0.15) is 0 Å². The number of esters is 1. The van der Waals surface area contributed by atoms with Gasteiger partial charge >= 0.3 is 5.97 Å². The molecule has 1 amide bonds. The zero-order valence-corrected chi connectivity index (χ0v) is 14.1. The first kappa shape index (κ1) is 18.4. The fourth-order valence-corrected chi connectivity index (χ4v) is 2.93. The molecule has 6 heteroatoms. The van der Waals surface area contributed by atoms with Gasteiger partial charge in [0.05, 0.1) is 17.9 Å². The highest BCUT2D eigenvalue weighted by molar-refractivity contribution is 5.84. The van der Waals surface area contributed by atoms with Crippen molar-refractivity contribution in [2.24, 2.45) is 11.1 Å². The van der Waals surface area contributed by atoms with E-state index in [0.29, 0.717) is 32.7 Å². The second-order valence-corrected chi connectivity index (χ2v) is 6.02. The Bertz CT molecular complexity index is 541. The van der Waals surface area contributed by atoms with E-state index in [-0.39, 0.29) is 25.0 Å². The van der Waals surface area contributed by atoms with E-state index in [9.17, 15) is 9.59 Å². The molecule has 1 aromatic rings. The number of benzene rings is 1. The van der Waals surface area contributed by atoms with Gasteiger partial charge < -0.3 is 20.5 Å². The number of ether oxygens (including phenoxy) is 2. The predicted molar refractivity (Wildman–Crippen MR) is 90.4 cm³/mol. The second kappa shape index (κ2) is 8.80. The van der Waals surface area contributed by atoms with Gasteiger partial charge in [-0.2, -0.15) is 0 Å². The van der Waals surface area contributed by atoms with Crippen LogP contribution >= 0.6 is 0 Å². The molecule has 0 spiro atoms. The van der Waals surface area contributed by atoms with Crippen LogP contribution in [0.25, 0.3) is 0 Å². The van der Waals surface area contributed by atoms with Crippen molar-refractivity contribution in [1.82, 2.24) is 5.32 Å². The second-order valence-electron chi connectivity index (χ2n) is 6.02. The summed E-state index contributed by atoms with van der Waals surface area (Å²) in [5.74, 6) is -0.971. The molecule has 1 aliphatic rings. The minimum absolute atomic E-state index is 0.112. The Kier molecular flexibility index (Phi) is 6.75. The molecule has 1 atom stereocenters. The summed E-state index contributed by atoms with van der Waals surface area (Å²) >= 11 is 0. The SMILES string of the molecule is CCOC(=O)C(CNC(=O)C1(CN)CCOCC1)c1ccccc1. The maximum absolute atomic E-state index is 12.7. The lowest BCUT2D eigenvalue weighted by Crippen LogP contribution is -2.50. The van der Waals surface area contributed by atoms with Crippen LogP contribution < -0.4 is 11.1 Å². The Morgan fingerprint density at radius 3 is 2.54 bits per heavy atom. The number of amides is 1. The van der Waals surface area contributed by atoms with Crippen LogP contribution in [-0.4, -0.2) is 44.8 Å². The normalized spacial score (nSPS) is 17.8. The van der Waals surface area contributed by atoms with Gasteiger partial charge in [-0.05, 0) is 25.3 Å². The summed E-state index contributed by atoms with van der Waals surface area (Å²) in [6.07, 6.45) is 1.20. The van der Waals surface area contributed by atoms with Gasteiger partial charge in [0.15, 0.2) is 0 Å². The first-order chi connectivity index (χ1) is 11.6. The molecule has 1 aliphatic heterocycles. The van der Waals surface area contributed by atoms with Crippen LogP contribution in [0.3, 0.4) is 0 Å². The van der Waals surface area contributed by atoms with Crippen molar-refractivity contribution in [2.75, 3.05) is 32.9 Å². The molecular weight excluding hydrogens is 308 g/mol. The van der Waals surface area contributed by atoms with Gasteiger partial charge in [-0.1, -0.05) is 30.3 Å². The Morgan fingerprint density at radius 1 is 1.29 bits per heavy atom. The van der Waals surface area contributed by atoms with Gasteiger partial charge in [0.2, 0.25) is 5.91 Å². The van der Waals surface area contributed by atoms with Crippen LogP contribution in [-0.2, 0) is 19.1 Å². The molecule has 2 rings (SSSR count). The first-order valence-corrected chi connectivity index (χ1v) is 8.40. The average molecular weight is 334 g/mol. The molecule has 0 aliphatic carbocycles. The molecule has 3 N–H and O–H groups in total. The highest BCUT2D eigenvalue weighted by atomic mass is 16.5. The van der Waals surface area contributed by atoms with Crippen LogP contribution in [0, 0.1) is 5.41 Å². The zero-order valence-electron chi connectivity index (χ0n) is 14.1. The summed E-state index contributed by atoms with van der Waals surface area (Å²) < 4.78 is 10.5. The fourth-order valence-electron chi connectivity index (χ4n) is 2.93. The summed E-state index contributed by atoms with van der Waals surface area (Å²) in [7, 11) is 0. The fraction of sp³-hybridized carbons (Fsp3) is 0.556. The van der Waals surface area contributed by atoms with E-state index in [2.05, 4.69) is 5.32 Å². The van der Waals surface area contributed by atoms with E-state index < -0.39 is 11.3 Å². The number of carbonyl (C=O) groups excluding carboxylic acids is 2. The number of carbonyl (C=O) groups is 2. The van der Waals surface area contributed by atoms with Crippen molar-refractivity contribution in [1.29, 1.82) is 0 Å². The molecule has 132 valence electrons. The molecule has 0 radical (unpaired) electrons. The van der Waals surface area contributed by atoms with Crippen LogP contribution in [0.1, 0.15) is 31.2 Å². The first-order valence-electron chi connectivity index (χ1n) is 8.40. The van der Waals surface area contributed by atoms with Crippen LogP contribution in [0.15, 0.2) is 30.3 Å². The topological polar surface area (TPSA) is 90.7 Å². The van der Waals surface area contributed by atoms with Gasteiger partial charge in [0.25, 0.3) is 0 Å². The summed E-state index contributed by atoms with van der Waals surface area (Å²) in [4.78, 5) is 24.9. The Balaban J connectivity index is 2.06. The van der Waals surface area contributed by atoms with E-state index in [1.807, 2.05) is 30.3 Å². The molecule has 1 unspecified atom stereocenters. The quantitative estimate of drug-likeness (QED) is 0.731. The van der Waals surface area contributed by atoms with E-state index in [4.69, 9.17) is 15.2 Å². The van der Waals surface area contributed by atoms with Crippen molar-refractivity contribution >= 4 is 11.9 Å². The van der Waals surface area contributed by atoms with Gasteiger partial charge in [0, 0.05) is 26.3 Å². The lowest BCUT2D eigenvalue weighted by Gasteiger charge is -2.34. The molecule has 1 heterocycles. The van der Waals surface area contributed by atoms with E-state index in [1.54, 1.807) is 6.92 Å². The number of nitrogens with one attached hydrogen (secondary N) is 1. The van der Waals surface area contributed by atoms with Crippen molar-refractivity contribution in [3.05, 3.63) is 35.9 Å². The molecule has 1 fully saturated rings. The van der Waals surface area contributed by atoms with Crippen LogP contribution in [0.4, 0.5) is 0 Å². The third-order valence-corrected chi connectivity index (χ3v) is 4.56. The number of hydrogen-bond donors (Lipinski definition) is 2. The molecular formula is C18H26N2O4. The monoisotopic (exact) mass is 334 g/mol. The Labute approximate surface area is 142 Å². The van der Waals surface area contributed by atoms with Crippen molar-refractivity contribution in [2.45, 2.75) is 25.7 Å². The highest BCUT2D eigenvalue weighted by Gasteiger charge is 2.39. The molecule has 0 aromatic heterocycles. The van der Waals surface area contributed by atoms with Crippen LogP contribution in [0.2, 0.25) is 0 Å². The maximum Gasteiger partial charge on any atom is 0.315 e. The zero-order chi connectivity index (χ0) is 17.4. The summed E-state index contributed by atoms with van der Waals surface area (Å²) in [6, 6.07) is 9.34. The molecule has 6 nitrogen and oxygen atoms in total. The minimum atomic E-state index is -0.603. The molecule has 0 saturated carbocycles. The number of hydrogen-bond acceptors (Lipinski definition) is 5. The highest BCUT2D eigenvalue weighted by Crippen LogP contribution is 2.29. The smallest absolute Gasteiger partial charge is 0.315 e. The van der Waals surface area contributed by atoms with E-state index in [1.165, 1.54) is 0 Å². The standard InChI is InChI=1S/C18H26N2O4/c1-2-24-16(21)15(14-6-4-3-5-7-14)12-20-17(22)18(13-19)8-10-23-11-9-18/h3-7,15H,2,8-13,19H2,1H3,(H,20,22). The summed E-state index contributed by atoms with van der Waals surface area (Å²) in [6.45, 7) is 3.61. The Hall–Kier alpha value is -1.92. The lowest BCUT2D eigenvalue weighted by molar-refractivity contribution is -0.145. The number of rotatable bonds is 7. The average Bonchev–Trinajstić information content (AvgIpc) is 2.63. The molecule has 0 bridgehead atoms. The largest absolute Gasteiger partial charge is 0.465 e. The maximum atomic E-state index is 12.7. The predicted octanol–water partition coefficient (Wildman–Crippen LogP) is 1.21. The van der Waals surface area contributed by atoms with Crippen LogP contribution in [0.5, 0.6) is 0 Å². The summed E-state index contributed by atoms with van der Waals surface area (Å²) in [5, 5.41) is 2.91. The third kappa shape index (κ3) is 4.33. The minimum Gasteiger partial charge on any atom is -0.465 e. The number of nitrogens with two attached hydrogens (primary N) is 1. The molecule has 1 aromatic carbocycles. The van der Waals surface area contributed by atoms with Crippen molar-refractivity contribution < 1.29 is 19.1 Å². The Morgan fingerprint density at radius 2 is 1.96 bits per heavy atom. The van der Waals surface area contributed by atoms with Gasteiger partial charge in [-0.15, -0.1) is 0 Å². The van der Waals surface area contributed by atoms with Crippen molar-refractivity contribution in [3.8, 4) is 0 Å². The van der Waals surface area contributed by atoms with Crippen molar-refractivity contribution in [3.63, 3.8) is 0 Å². The molecule has 1 saturated heterocycles. The molecule has 24 heavy (non-hydrogen) atoms. The van der Waals surface area contributed by atoms with Gasteiger partial charge in [-0.3, -0.25) is 9.59 Å². The third-order valence-electron chi connectivity index (χ3n) is 4.56. The van der Waals surface area contributed by atoms with E-state index in [0.717, 1.165) is 5.56 Å². The van der Waals surface area contributed by atoms with E-state index >= 15 is 0 Å². The van der Waals surface area contributed by atoms with Gasteiger partial charge in [-0.25, -0.2) is 0 Å². The summed E-state index contributed by atoms with van der Waals surface area (Å²) in [5.41, 5.74) is 6.08. The lowest BCUT2D eigenvalue weighted by atomic mass is 9.79.